The highest BCUT2D eigenvalue weighted by Crippen LogP contribution is 2.36. The lowest BCUT2D eigenvalue weighted by Crippen LogP contribution is -2.46. The molecule has 1 aliphatic carbocycles. The summed E-state index contributed by atoms with van der Waals surface area (Å²) in [5, 5.41) is 39.7. The molecule has 0 atom stereocenters. The molecule has 2 fully saturated rings. The predicted octanol–water partition coefficient (Wildman–Crippen LogP) is 1.91. The van der Waals surface area contributed by atoms with Gasteiger partial charge in [0.1, 0.15) is 6.07 Å². The van der Waals surface area contributed by atoms with Gasteiger partial charge in [-0.15, -0.1) is 5.10 Å². The summed E-state index contributed by atoms with van der Waals surface area (Å²) >= 11 is 6.76. The van der Waals surface area contributed by atoms with E-state index in [1.54, 1.807) is 12.1 Å². The molecule has 0 radical (unpaired) electrons. The van der Waals surface area contributed by atoms with E-state index in [0.29, 0.717) is 60.0 Å². The SMILES string of the molecule is N#Cc1cc(Nc2nc(NC3CC3)c3ncc(C#N)n3n2)c(Cl)c(N2CCN(CO)CC2)c1. The lowest BCUT2D eigenvalue weighted by molar-refractivity contribution is 0.102. The summed E-state index contributed by atoms with van der Waals surface area (Å²) in [6, 6.07) is 8.00. The zero-order chi connectivity index (χ0) is 22.9. The molecule has 3 heterocycles. The number of nitriles is 2. The number of benzene rings is 1. The highest BCUT2D eigenvalue weighted by molar-refractivity contribution is 6.36. The number of aliphatic hydroxyl groups excluding tert-OH is 1. The van der Waals surface area contributed by atoms with Gasteiger partial charge >= 0.3 is 0 Å². The molecule has 0 unspecified atom stereocenters. The van der Waals surface area contributed by atoms with Crippen LogP contribution in [-0.4, -0.2) is 68.5 Å². The molecule has 168 valence electrons. The average Bonchev–Trinajstić information content (AvgIpc) is 3.56. The van der Waals surface area contributed by atoms with E-state index in [2.05, 4.69) is 42.7 Å². The largest absolute Gasteiger partial charge is 0.381 e. The number of hydrogen-bond acceptors (Lipinski definition) is 10. The van der Waals surface area contributed by atoms with Gasteiger partial charge in [-0.05, 0) is 25.0 Å². The molecular formula is C21H21ClN10O. The van der Waals surface area contributed by atoms with Gasteiger partial charge in [0.25, 0.3) is 0 Å². The molecular weight excluding hydrogens is 444 g/mol. The van der Waals surface area contributed by atoms with Gasteiger partial charge in [-0.1, -0.05) is 11.6 Å². The van der Waals surface area contributed by atoms with Crippen molar-refractivity contribution in [3.05, 3.63) is 34.6 Å². The Hall–Kier alpha value is -3.64. The number of halogens is 1. The van der Waals surface area contributed by atoms with E-state index < -0.39 is 0 Å². The van der Waals surface area contributed by atoms with Crippen molar-refractivity contribution in [3.63, 3.8) is 0 Å². The number of hydrogen-bond donors (Lipinski definition) is 3. The standard InChI is InChI=1S/C21H21ClN10O/c22-18-16(7-13(9-23)8-17(18)31-5-3-30(12-33)4-6-31)27-21-28-19(26-14-1-2-14)20-25-11-15(10-24)32(20)29-21/h7-8,11,14,33H,1-6,12H2,(H2,26,27,28,29). The van der Waals surface area contributed by atoms with E-state index in [9.17, 15) is 15.6 Å². The molecule has 1 aromatic carbocycles. The summed E-state index contributed by atoms with van der Waals surface area (Å²) in [4.78, 5) is 12.9. The van der Waals surface area contributed by atoms with Gasteiger partial charge in [0, 0.05) is 32.2 Å². The molecule has 1 saturated carbocycles. The van der Waals surface area contributed by atoms with E-state index in [0.717, 1.165) is 18.5 Å². The molecule has 2 aliphatic rings. The molecule has 0 spiro atoms. The second kappa shape index (κ2) is 8.71. The smallest absolute Gasteiger partial charge is 0.247 e. The third kappa shape index (κ3) is 4.22. The molecule has 1 saturated heterocycles. The molecule has 33 heavy (non-hydrogen) atoms. The molecule has 12 heteroatoms. The van der Waals surface area contributed by atoms with Crippen molar-refractivity contribution in [3.8, 4) is 12.1 Å². The van der Waals surface area contributed by atoms with Crippen LogP contribution < -0.4 is 15.5 Å². The van der Waals surface area contributed by atoms with E-state index >= 15 is 0 Å². The van der Waals surface area contributed by atoms with E-state index in [1.807, 2.05) is 4.90 Å². The minimum Gasteiger partial charge on any atom is -0.381 e. The van der Waals surface area contributed by atoms with E-state index in [4.69, 9.17) is 11.6 Å². The van der Waals surface area contributed by atoms with E-state index in [-0.39, 0.29) is 18.4 Å². The van der Waals surface area contributed by atoms with Crippen molar-refractivity contribution in [2.75, 3.05) is 48.4 Å². The first-order valence-electron chi connectivity index (χ1n) is 10.6. The summed E-state index contributed by atoms with van der Waals surface area (Å²) in [5.41, 5.74) is 2.43. The Morgan fingerprint density at radius 2 is 1.94 bits per heavy atom. The maximum atomic E-state index is 9.58. The molecule has 0 amide bonds. The monoisotopic (exact) mass is 464 g/mol. The first kappa shape index (κ1) is 21.2. The van der Waals surface area contributed by atoms with Crippen molar-refractivity contribution in [1.82, 2.24) is 24.5 Å². The third-order valence-corrected chi connectivity index (χ3v) is 6.13. The van der Waals surface area contributed by atoms with Crippen molar-refractivity contribution in [2.24, 2.45) is 0 Å². The van der Waals surface area contributed by atoms with Crippen LogP contribution in [0.4, 0.5) is 23.1 Å². The number of nitrogens with zero attached hydrogens (tertiary/aromatic N) is 8. The summed E-state index contributed by atoms with van der Waals surface area (Å²) in [7, 11) is 0. The van der Waals surface area contributed by atoms with Gasteiger partial charge in [0.05, 0.1) is 41.0 Å². The number of imidazole rings is 1. The zero-order valence-corrected chi connectivity index (χ0v) is 18.4. The number of fused-ring (bicyclic) bond motifs is 1. The van der Waals surface area contributed by atoms with Crippen LogP contribution in [0.1, 0.15) is 24.1 Å². The average molecular weight is 465 g/mol. The Bertz CT molecular complexity index is 1280. The van der Waals surface area contributed by atoms with Gasteiger partial charge in [0.2, 0.25) is 5.95 Å². The van der Waals surface area contributed by atoms with Crippen LogP contribution in [-0.2, 0) is 0 Å². The molecule has 2 aromatic heterocycles. The zero-order valence-electron chi connectivity index (χ0n) is 17.7. The minimum absolute atomic E-state index is 0.0165. The molecule has 11 nitrogen and oxygen atoms in total. The second-order valence-corrected chi connectivity index (χ2v) is 8.41. The van der Waals surface area contributed by atoms with Gasteiger partial charge in [-0.2, -0.15) is 20.0 Å². The topological polar surface area (TPSA) is 141 Å². The van der Waals surface area contributed by atoms with Crippen molar-refractivity contribution in [2.45, 2.75) is 18.9 Å². The molecule has 5 rings (SSSR count). The predicted molar refractivity (Wildman–Crippen MR) is 122 cm³/mol. The number of aromatic nitrogens is 4. The minimum atomic E-state index is 0.0165. The number of piperazine rings is 1. The van der Waals surface area contributed by atoms with Crippen molar-refractivity contribution < 1.29 is 5.11 Å². The van der Waals surface area contributed by atoms with Gasteiger partial charge in [0.15, 0.2) is 17.2 Å². The maximum Gasteiger partial charge on any atom is 0.247 e. The third-order valence-electron chi connectivity index (χ3n) is 5.74. The molecule has 3 N–H and O–H groups in total. The normalized spacial score (nSPS) is 16.4. The van der Waals surface area contributed by atoms with Crippen LogP contribution >= 0.6 is 11.6 Å². The van der Waals surface area contributed by atoms with Gasteiger partial charge < -0.3 is 20.6 Å². The van der Waals surface area contributed by atoms with Crippen LogP contribution in [0.3, 0.4) is 0 Å². The van der Waals surface area contributed by atoms with E-state index in [1.165, 1.54) is 10.7 Å². The quantitative estimate of drug-likeness (QED) is 0.495. The van der Waals surface area contributed by atoms with Gasteiger partial charge in [-0.3, -0.25) is 4.90 Å². The van der Waals surface area contributed by atoms with Crippen LogP contribution in [0.2, 0.25) is 5.02 Å². The van der Waals surface area contributed by atoms with Crippen LogP contribution in [0.25, 0.3) is 5.65 Å². The second-order valence-electron chi connectivity index (χ2n) is 8.03. The van der Waals surface area contributed by atoms with Crippen molar-refractivity contribution >= 4 is 40.4 Å². The van der Waals surface area contributed by atoms with Crippen LogP contribution in [0, 0.1) is 22.7 Å². The Morgan fingerprint density at radius 1 is 1.15 bits per heavy atom. The number of anilines is 4. The maximum absolute atomic E-state index is 9.58. The number of aliphatic hydroxyl groups is 1. The van der Waals surface area contributed by atoms with Crippen LogP contribution in [0.15, 0.2) is 18.3 Å². The Morgan fingerprint density at radius 3 is 2.61 bits per heavy atom. The molecule has 0 bridgehead atoms. The van der Waals surface area contributed by atoms with Gasteiger partial charge in [-0.25, -0.2) is 4.98 Å². The summed E-state index contributed by atoms with van der Waals surface area (Å²) < 4.78 is 1.44. The summed E-state index contributed by atoms with van der Waals surface area (Å²) in [6.07, 6.45) is 3.56. The summed E-state index contributed by atoms with van der Waals surface area (Å²) in [6.45, 7) is 2.75. The fraction of sp³-hybridized carbons (Fsp3) is 0.381. The number of nitrogens with one attached hydrogen (secondary N) is 2. The number of rotatable bonds is 6. The fourth-order valence-corrected chi connectivity index (χ4v) is 4.05. The first-order chi connectivity index (χ1) is 16.1. The summed E-state index contributed by atoms with van der Waals surface area (Å²) in [5.74, 6) is 0.762. The Kier molecular flexibility index (Phi) is 5.60. The highest BCUT2D eigenvalue weighted by atomic mass is 35.5. The van der Waals surface area contributed by atoms with Crippen molar-refractivity contribution in [1.29, 1.82) is 10.5 Å². The molecule has 1 aliphatic heterocycles. The lowest BCUT2D eigenvalue weighted by atomic mass is 10.1. The van der Waals surface area contributed by atoms with Crippen LogP contribution in [0.5, 0.6) is 0 Å². The highest BCUT2D eigenvalue weighted by Gasteiger charge is 2.25. The first-order valence-corrected chi connectivity index (χ1v) is 11.0. The Labute approximate surface area is 194 Å². The lowest BCUT2D eigenvalue weighted by Gasteiger charge is -2.35. The fourth-order valence-electron chi connectivity index (χ4n) is 3.77. The Balaban J connectivity index is 1.51. The molecule has 3 aromatic rings.